The second kappa shape index (κ2) is 2.95. The lowest BCUT2D eigenvalue weighted by atomic mass is 9.95. The van der Waals surface area contributed by atoms with Crippen LogP contribution in [0.25, 0.3) is 0 Å². The molecule has 3 heterocycles. The number of anilines is 1. The molecule has 2 fully saturated rings. The summed E-state index contributed by atoms with van der Waals surface area (Å²) in [4.78, 5) is 0. The average molecular weight is 194 g/mol. The third-order valence-corrected chi connectivity index (χ3v) is 3.15. The van der Waals surface area contributed by atoms with E-state index >= 15 is 0 Å². The summed E-state index contributed by atoms with van der Waals surface area (Å²) in [6.07, 6.45) is 6.18. The van der Waals surface area contributed by atoms with Gasteiger partial charge in [-0.15, -0.1) is 5.10 Å². The molecule has 2 aliphatic heterocycles. The van der Waals surface area contributed by atoms with Crippen molar-refractivity contribution in [3.05, 3.63) is 6.20 Å². The van der Waals surface area contributed by atoms with Crippen molar-refractivity contribution in [1.29, 1.82) is 0 Å². The fourth-order valence-electron chi connectivity index (χ4n) is 2.40. The van der Waals surface area contributed by atoms with Crippen molar-refractivity contribution in [2.75, 3.05) is 5.32 Å². The van der Waals surface area contributed by atoms with Gasteiger partial charge in [0.25, 0.3) is 0 Å². The summed E-state index contributed by atoms with van der Waals surface area (Å²) in [5.74, 6) is 0.978. The summed E-state index contributed by atoms with van der Waals surface area (Å²) in [5.41, 5.74) is 0. The minimum Gasteiger partial charge on any atom is -0.373 e. The van der Waals surface area contributed by atoms with Crippen LogP contribution in [0, 0.1) is 0 Å². The molecule has 0 spiro atoms. The molecule has 2 saturated heterocycles. The fraction of sp³-hybridized carbons (Fsp3) is 0.778. The van der Waals surface area contributed by atoms with Gasteiger partial charge in [-0.2, -0.15) is 0 Å². The van der Waals surface area contributed by atoms with Gasteiger partial charge in [-0.3, -0.25) is 0 Å². The van der Waals surface area contributed by atoms with Crippen LogP contribution in [0.3, 0.4) is 0 Å². The van der Waals surface area contributed by atoms with Gasteiger partial charge in [0.1, 0.15) is 5.82 Å². The standard InChI is InChI=1S/C9H14N4O/c1-13-9(5-10-12-13)11-7-4-6-2-3-8(7)14-6/h5-8,11H,2-4H2,1H3. The summed E-state index contributed by atoms with van der Waals surface area (Å²) in [6.45, 7) is 0. The fourth-order valence-corrected chi connectivity index (χ4v) is 2.40. The first-order valence-corrected chi connectivity index (χ1v) is 5.09. The zero-order valence-electron chi connectivity index (χ0n) is 8.18. The van der Waals surface area contributed by atoms with E-state index in [-0.39, 0.29) is 0 Å². The molecule has 3 unspecified atom stereocenters. The molecule has 0 aromatic carbocycles. The van der Waals surface area contributed by atoms with Gasteiger partial charge in [-0.1, -0.05) is 5.21 Å². The maximum Gasteiger partial charge on any atom is 0.144 e. The SMILES string of the molecule is Cn1nncc1NC1CC2CCC1O2. The predicted octanol–water partition coefficient (Wildman–Crippen LogP) is 0.547. The largest absolute Gasteiger partial charge is 0.373 e. The van der Waals surface area contributed by atoms with Crippen molar-refractivity contribution < 1.29 is 4.74 Å². The summed E-state index contributed by atoms with van der Waals surface area (Å²) < 4.78 is 7.52. The number of nitrogens with zero attached hydrogens (tertiary/aromatic N) is 3. The Bertz CT molecular complexity index is 337. The highest BCUT2D eigenvalue weighted by molar-refractivity contribution is 5.33. The molecule has 1 N–H and O–H groups in total. The molecule has 2 aliphatic rings. The number of rotatable bonds is 2. The molecule has 0 radical (unpaired) electrons. The Morgan fingerprint density at radius 3 is 3.07 bits per heavy atom. The third-order valence-electron chi connectivity index (χ3n) is 3.15. The first kappa shape index (κ1) is 8.23. The van der Waals surface area contributed by atoms with Crippen molar-refractivity contribution in [3.63, 3.8) is 0 Å². The predicted molar refractivity (Wildman–Crippen MR) is 50.9 cm³/mol. The lowest BCUT2D eigenvalue weighted by Gasteiger charge is -2.20. The molecular weight excluding hydrogens is 180 g/mol. The van der Waals surface area contributed by atoms with Crippen LogP contribution >= 0.6 is 0 Å². The van der Waals surface area contributed by atoms with Crippen LogP contribution in [0.15, 0.2) is 6.20 Å². The van der Waals surface area contributed by atoms with Crippen LogP contribution in [0.1, 0.15) is 19.3 Å². The Balaban J connectivity index is 1.71. The highest BCUT2D eigenvalue weighted by Gasteiger charge is 2.40. The molecule has 3 rings (SSSR count). The van der Waals surface area contributed by atoms with Gasteiger partial charge in [0.15, 0.2) is 0 Å². The second-order valence-corrected chi connectivity index (χ2v) is 4.10. The van der Waals surface area contributed by atoms with E-state index in [9.17, 15) is 0 Å². The van der Waals surface area contributed by atoms with E-state index in [0.717, 1.165) is 12.2 Å². The van der Waals surface area contributed by atoms with Crippen molar-refractivity contribution in [2.45, 2.75) is 37.5 Å². The van der Waals surface area contributed by atoms with Crippen LogP contribution in [-0.4, -0.2) is 33.2 Å². The van der Waals surface area contributed by atoms with Gasteiger partial charge >= 0.3 is 0 Å². The average Bonchev–Trinajstić information content (AvgIpc) is 2.83. The topological polar surface area (TPSA) is 52.0 Å². The number of aromatic nitrogens is 3. The maximum absolute atomic E-state index is 5.76. The first-order chi connectivity index (χ1) is 6.83. The Kier molecular flexibility index (Phi) is 1.73. The zero-order chi connectivity index (χ0) is 9.54. The van der Waals surface area contributed by atoms with E-state index in [1.165, 1.54) is 12.8 Å². The van der Waals surface area contributed by atoms with E-state index in [2.05, 4.69) is 15.6 Å². The smallest absolute Gasteiger partial charge is 0.144 e. The highest BCUT2D eigenvalue weighted by Crippen LogP contribution is 2.35. The van der Waals surface area contributed by atoms with E-state index in [4.69, 9.17) is 4.74 Å². The molecule has 76 valence electrons. The number of nitrogens with one attached hydrogen (secondary N) is 1. The highest BCUT2D eigenvalue weighted by atomic mass is 16.5. The molecule has 1 aromatic heterocycles. The number of aryl methyl sites for hydroxylation is 1. The van der Waals surface area contributed by atoms with Gasteiger partial charge in [0.2, 0.25) is 0 Å². The molecule has 3 atom stereocenters. The minimum absolute atomic E-state index is 0.398. The van der Waals surface area contributed by atoms with E-state index in [0.29, 0.717) is 18.2 Å². The quantitative estimate of drug-likeness (QED) is 0.747. The Hall–Kier alpha value is -1.10. The van der Waals surface area contributed by atoms with Gasteiger partial charge in [0, 0.05) is 7.05 Å². The Morgan fingerprint density at radius 2 is 2.50 bits per heavy atom. The molecule has 5 heteroatoms. The van der Waals surface area contributed by atoms with Crippen LogP contribution in [-0.2, 0) is 11.8 Å². The normalized spacial score (nSPS) is 35.1. The lowest BCUT2D eigenvalue weighted by molar-refractivity contribution is 0.102. The van der Waals surface area contributed by atoms with Crippen molar-refractivity contribution in [3.8, 4) is 0 Å². The summed E-state index contributed by atoms with van der Waals surface area (Å²) in [5, 5.41) is 11.2. The molecular formula is C9H14N4O. The number of ether oxygens (including phenoxy) is 1. The third kappa shape index (κ3) is 1.19. The zero-order valence-corrected chi connectivity index (χ0v) is 8.18. The van der Waals surface area contributed by atoms with Crippen molar-refractivity contribution in [2.24, 2.45) is 7.05 Å². The first-order valence-electron chi connectivity index (χ1n) is 5.09. The summed E-state index contributed by atoms with van der Waals surface area (Å²) >= 11 is 0. The van der Waals surface area contributed by atoms with Gasteiger partial charge in [-0.25, -0.2) is 4.68 Å². The van der Waals surface area contributed by atoms with E-state index < -0.39 is 0 Å². The Morgan fingerprint density at radius 1 is 1.57 bits per heavy atom. The van der Waals surface area contributed by atoms with Gasteiger partial charge in [-0.05, 0) is 19.3 Å². The minimum atomic E-state index is 0.398. The molecule has 5 nitrogen and oxygen atoms in total. The van der Waals surface area contributed by atoms with Crippen LogP contribution in [0.4, 0.5) is 5.82 Å². The summed E-state index contributed by atoms with van der Waals surface area (Å²) in [7, 11) is 1.89. The van der Waals surface area contributed by atoms with E-state index in [1.807, 2.05) is 7.05 Å². The molecule has 0 saturated carbocycles. The van der Waals surface area contributed by atoms with Crippen molar-refractivity contribution >= 4 is 5.82 Å². The molecule has 2 bridgehead atoms. The van der Waals surface area contributed by atoms with Crippen LogP contribution in [0.2, 0.25) is 0 Å². The maximum atomic E-state index is 5.76. The molecule has 0 amide bonds. The van der Waals surface area contributed by atoms with Gasteiger partial charge in [0.05, 0.1) is 24.4 Å². The molecule has 14 heavy (non-hydrogen) atoms. The van der Waals surface area contributed by atoms with Crippen LogP contribution < -0.4 is 5.32 Å². The van der Waals surface area contributed by atoms with Crippen molar-refractivity contribution in [1.82, 2.24) is 15.0 Å². The number of fused-ring (bicyclic) bond motifs is 2. The second-order valence-electron chi connectivity index (χ2n) is 4.10. The number of hydrogen-bond acceptors (Lipinski definition) is 4. The Labute approximate surface area is 82.4 Å². The molecule has 1 aromatic rings. The number of hydrogen-bond donors (Lipinski definition) is 1. The molecule has 0 aliphatic carbocycles. The van der Waals surface area contributed by atoms with Gasteiger partial charge < -0.3 is 10.1 Å². The lowest BCUT2D eigenvalue weighted by Crippen LogP contribution is -2.31. The van der Waals surface area contributed by atoms with E-state index in [1.54, 1.807) is 10.9 Å². The monoisotopic (exact) mass is 194 g/mol. The summed E-state index contributed by atoms with van der Waals surface area (Å²) in [6, 6.07) is 0.450. The van der Waals surface area contributed by atoms with Crippen LogP contribution in [0.5, 0.6) is 0 Å².